The molecule has 178 valence electrons. The van der Waals surface area contributed by atoms with Crippen LogP contribution in [0.25, 0.3) is 0 Å². The largest absolute Gasteiger partial charge is 0.444 e. The fourth-order valence-electron chi connectivity index (χ4n) is 4.25. The first kappa shape index (κ1) is 24.7. The molecular formula is C24H38N4O3S. The van der Waals surface area contributed by atoms with Crippen LogP contribution in [0.2, 0.25) is 0 Å². The summed E-state index contributed by atoms with van der Waals surface area (Å²) < 4.78 is 5.43. The minimum atomic E-state index is -0.596. The van der Waals surface area contributed by atoms with E-state index < -0.39 is 17.7 Å². The minimum absolute atomic E-state index is 0.0207. The first-order valence-electron chi connectivity index (χ1n) is 11.8. The monoisotopic (exact) mass is 462 g/mol. The summed E-state index contributed by atoms with van der Waals surface area (Å²) in [6.07, 6.45) is 7.78. The van der Waals surface area contributed by atoms with Crippen molar-refractivity contribution in [1.29, 1.82) is 0 Å². The second-order valence-electron chi connectivity index (χ2n) is 9.74. The van der Waals surface area contributed by atoms with Gasteiger partial charge in [0.15, 0.2) is 0 Å². The van der Waals surface area contributed by atoms with Gasteiger partial charge in [-0.3, -0.25) is 4.79 Å². The van der Waals surface area contributed by atoms with Crippen molar-refractivity contribution in [3.05, 3.63) is 24.4 Å². The van der Waals surface area contributed by atoms with Crippen molar-refractivity contribution >= 4 is 29.6 Å². The van der Waals surface area contributed by atoms with E-state index in [0.717, 1.165) is 30.6 Å². The Morgan fingerprint density at radius 3 is 2.50 bits per heavy atom. The van der Waals surface area contributed by atoms with Crippen molar-refractivity contribution in [1.82, 2.24) is 15.2 Å². The topological polar surface area (TPSA) is 74.8 Å². The minimum Gasteiger partial charge on any atom is -0.444 e. The molecule has 1 aliphatic carbocycles. The van der Waals surface area contributed by atoms with Gasteiger partial charge in [-0.25, -0.2) is 9.78 Å². The quantitative estimate of drug-likeness (QED) is 0.662. The Morgan fingerprint density at radius 1 is 1.16 bits per heavy atom. The average molecular weight is 463 g/mol. The number of hydrogen-bond acceptors (Lipinski definition) is 6. The summed E-state index contributed by atoms with van der Waals surface area (Å²) in [5.41, 5.74) is -0.596. The predicted molar refractivity (Wildman–Crippen MR) is 130 cm³/mol. The highest BCUT2D eigenvalue weighted by atomic mass is 32.2. The third-order valence-electron chi connectivity index (χ3n) is 5.92. The van der Waals surface area contributed by atoms with Gasteiger partial charge in [0.1, 0.15) is 17.5 Å². The lowest BCUT2D eigenvalue weighted by atomic mass is 9.91. The second-order valence-corrected chi connectivity index (χ2v) is 10.8. The van der Waals surface area contributed by atoms with Crippen LogP contribution >= 0.6 is 11.8 Å². The molecule has 2 amide bonds. The summed E-state index contributed by atoms with van der Waals surface area (Å²) in [4.78, 5) is 34.2. The molecule has 8 heteroatoms. The Kier molecular flexibility index (Phi) is 9.08. The van der Waals surface area contributed by atoms with E-state index in [0.29, 0.717) is 18.8 Å². The third kappa shape index (κ3) is 7.87. The lowest BCUT2D eigenvalue weighted by Gasteiger charge is -2.37. The van der Waals surface area contributed by atoms with Gasteiger partial charge < -0.3 is 19.9 Å². The molecule has 1 saturated heterocycles. The smallest absolute Gasteiger partial charge is 0.408 e. The number of anilines is 1. The number of alkyl carbamates (subject to hydrolysis) is 1. The van der Waals surface area contributed by atoms with Crippen LogP contribution in [0.5, 0.6) is 0 Å². The Balaban J connectivity index is 1.55. The molecule has 1 aliphatic heterocycles. The number of rotatable bonds is 7. The van der Waals surface area contributed by atoms with Crippen LogP contribution in [0, 0.1) is 5.92 Å². The molecule has 0 aromatic carbocycles. The molecule has 0 radical (unpaired) electrons. The standard InChI is InChI=1S/C24H38N4O3S/c1-24(2,3)31-23(30)26-20(18-32-17-19-9-5-4-6-10-19)22(29)28-15-13-27(14-16-28)21-11-7-8-12-25-21/h7-8,11-12,19-20H,4-6,9-10,13-18H2,1-3H3,(H,26,30)/t20-/m0/s1. The van der Waals surface area contributed by atoms with Crippen LogP contribution in [-0.2, 0) is 9.53 Å². The Morgan fingerprint density at radius 2 is 1.88 bits per heavy atom. The van der Waals surface area contributed by atoms with Gasteiger partial charge >= 0.3 is 6.09 Å². The maximum atomic E-state index is 13.3. The van der Waals surface area contributed by atoms with E-state index in [1.165, 1.54) is 32.1 Å². The van der Waals surface area contributed by atoms with Crippen molar-refractivity contribution in [3.8, 4) is 0 Å². The molecule has 1 atom stereocenters. The van der Waals surface area contributed by atoms with E-state index in [2.05, 4.69) is 15.2 Å². The summed E-state index contributed by atoms with van der Waals surface area (Å²) in [5.74, 6) is 3.27. The number of thioether (sulfide) groups is 1. The number of carbonyl (C=O) groups excluding carboxylic acids is 2. The van der Waals surface area contributed by atoms with Crippen molar-refractivity contribution in [3.63, 3.8) is 0 Å². The first-order valence-corrected chi connectivity index (χ1v) is 13.0. The van der Waals surface area contributed by atoms with Crippen LogP contribution in [0.4, 0.5) is 10.6 Å². The van der Waals surface area contributed by atoms with Crippen molar-refractivity contribution < 1.29 is 14.3 Å². The summed E-state index contributed by atoms with van der Waals surface area (Å²) in [5, 5.41) is 2.85. The molecule has 1 N–H and O–H groups in total. The number of nitrogens with zero attached hydrogens (tertiary/aromatic N) is 3. The van der Waals surface area contributed by atoms with Gasteiger partial charge in [0, 0.05) is 38.1 Å². The van der Waals surface area contributed by atoms with Crippen LogP contribution in [-0.4, -0.2) is 71.2 Å². The lowest BCUT2D eigenvalue weighted by Crippen LogP contribution is -2.56. The van der Waals surface area contributed by atoms with Gasteiger partial charge in [-0.2, -0.15) is 11.8 Å². The molecule has 7 nitrogen and oxygen atoms in total. The molecule has 32 heavy (non-hydrogen) atoms. The number of ether oxygens (including phenoxy) is 1. The van der Waals surface area contributed by atoms with Gasteiger partial charge in [-0.05, 0) is 57.4 Å². The molecule has 1 aromatic rings. The zero-order valence-electron chi connectivity index (χ0n) is 19.7. The zero-order chi connectivity index (χ0) is 23.0. The zero-order valence-corrected chi connectivity index (χ0v) is 20.5. The molecular weight excluding hydrogens is 424 g/mol. The maximum Gasteiger partial charge on any atom is 0.408 e. The number of nitrogens with one attached hydrogen (secondary N) is 1. The highest BCUT2D eigenvalue weighted by molar-refractivity contribution is 7.99. The van der Waals surface area contributed by atoms with Crippen LogP contribution in [0.3, 0.4) is 0 Å². The molecule has 3 rings (SSSR count). The fraction of sp³-hybridized carbons (Fsp3) is 0.708. The van der Waals surface area contributed by atoms with Gasteiger partial charge in [-0.15, -0.1) is 0 Å². The normalized spacial score (nSPS) is 18.8. The van der Waals surface area contributed by atoms with E-state index in [1.54, 1.807) is 18.0 Å². The highest BCUT2D eigenvalue weighted by Gasteiger charge is 2.30. The number of piperazine rings is 1. The van der Waals surface area contributed by atoms with Crippen molar-refractivity contribution in [2.24, 2.45) is 5.92 Å². The fourth-order valence-corrected chi connectivity index (χ4v) is 5.51. The molecule has 2 fully saturated rings. The van der Waals surface area contributed by atoms with Crippen molar-refractivity contribution in [2.45, 2.75) is 64.5 Å². The Bertz CT molecular complexity index is 727. The third-order valence-corrected chi connectivity index (χ3v) is 7.19. The molecule has 1 saturated carbocycles. The summed E-state index contributed by atoms with van der Waals surface area (Å²) >= 11 is 1.78. The Labute approximate surface area is 196 Å². The lowest BCUT2D eigenvalue weighted by molar-refractivity contribution is -0.133. The number of carbonyl (C=O) groups is 2. The van der Waals surface area contributed by atoms with Crippen molar-refractivity contribution in [2.75, 3.05) is 42.6 Å². The van der Waals surface area contributed by atoms with Gasteiger partial charge in [-0.1, -0.05) is 25.3 Å². The van der Waals surface area contributed by atoms with Gasteiger partial charge in [0.05, 0.1) is 0 Å². The molecule has 0 bridgehead atoms. The van der Waals surface area contributed by atoms with Gasteiger partial charge in [0.25, 0.3) is 0 Å². The average Bonchev–Trinajstić information content (AvgIpc) is 2.78. The number of aromatic nitrogens is 1. The number of amides is 2. The van der Waals surface area contributed by atoms with E-state index >= 15 is 0 Å². The van der Waals surface area contributed by atoms with Crippen LogP contribution < -0.4 is 10.2 Å². The van der Waals surface area contributed by atoms with Crippen LogP contribution in [0.15, 0.2) is 24.4 Å². The predicted octanol–water partition coefficient (Wildman–Crippen LogP) is 3.94. The van der Waals surface area contributed by atoms with E-state index in [1.807, 2.05) is 43.9 Å². The van der Waals surface area contributed by atoms with E-state index in [9.17, 15) is 9.59 Å². The molecule has 0 spiro atoms. The summed E-state index contributed by atoms with van der Waals surface area (Å²) in [6, 6.07) is 5.30. The Hall–Kier alpha value is -1.96. The SMILES string of the molecule is CC(C)(C)OC(=O)N[C@@H](CSCC1CCCCC1)C(=O)N1CCN(c2ccccn2)CC1. The van der Waals surface area contributed by atoms with E-state index in [4.69, 9.17) is 4.74 Å². The first-order chi connectivity index (χ1) is 15.3. The van der Waals surface area contributed by atoms with Gasteiger partial charge in [0.2, 0.25) is 5.91 Å². The number of pyridine rings is 1. The summed E-state index contributed by atoms with van der Waals surface area (Å²) in [7, 11) is 0. The number of hydrogen-bond donors (Lipinski definition) is 1. The van der Waals surface area contributed by atoms with Crippen LogP contribution in [0.1, 0.15) is 52.9 Å². The molecule has 0 unspecified atom stereocenters. The molecule has 1 aromatic heterocycles. The molecule has 2 heterocycles. The van der Waals surface area contributed by atoms with E-state index in [-0.39, 0.29) is 5.91 Å². The molecule has 2 aliphatic rings. The highest BCUT2D eigenvalue weighted by Crippen LogP contribution is 2.27. The second kappa shape index (κ2) is 11.8. The summed E-state index contributed by atoms with van der Waals surface area (Å²) in [6.45, 7) is 8.20. The maximum absolute atomic E-state index is 13.3.